The highest BCUT2D eigenvalue weighted by Crippen LogP contribution is 2.26. The predicted molar refractivity (Wildman–Crippen MR) is 111 cm³/mol. The van der Waals surface area contributed by atoms with Gasteiger partial charge in [0.15, 0.2) is 5.76 Å². The number of furan rings is 1. The van der Waals surface area contributed by atoms with Gasteiger partial charge in [-0.1, -0.05) is 18.2 Å². The van der Waals surface area contributed by atoms with E-state index in [1.807, 2.05) is 57.2 Å². The fourth-order valence-corrected chi connectivity index (χ4v) is 3.14. The topological polar surface area (TPSA) is 71.6 Å². The molecule has 0 bridgehead atoms. The summed E-state index contributed by atoms with van der Waals surface area (Å²) in [6.07, 6.45) is 1.68. The molecular formula is C22H26N4O3. The number of hydrogen-bond acceptors (Lipinski definition) is 4. The van der Waals surface area contributed by atoms with Crippen molar-refractivity contribution in [3.8, 4) is 17.1 Å². The summed E-state index contributed by atoms with van der Waals surface area (Å²) in [7, 11) is 1.63. The van der Waals surface area contributed by atoms with Gasteiger partial charge in [0, 0.05) is 26.3 Å². The zero-order chi connectivity index (χ0) is 21.0. The van der Waals surface area contributed by atoms with Crippen LogP contribution in [-0.2, 0) is 4.79 Å². The van der Waals surface area contributed by atoms with E-state index in [1.165, 1.54) is 4.90 Å². The van der Waals surface area contributed by atoms with Crippen LogP contribution in [0, 0.1) is 6.92 Å². The van der Waals surface area contributed by atoms with Crippen molar-refractivity contribution in [2.75, 3.05) is 26.7 Å². The molecule has 0 spiro atoms. The predicted octanol–water partition coefficient (Wildman–Crippen LogP) is 3.38. The Morgan fingerprint density at radius 1 is 1.07 bits per heavy atom. The molecule has 0 radical (unpaired) electrons. The van der Waals surface area contributed by atoms with Crippen molar-refractivity contribution in [2.45, 2.75) is 20.8 Å². The van der Waals surface area contributed by atoms with E-state index < -0.39 is 0 Å². The van der Waals surface area contributed by atoms with E-state index in [-0.39, 0.29) is 18.4 Å². The van der Waals surface area contributed by atoms with Gasteiger partial charge in [-0.2, -0.15) is 5.10 Å². The van der Waals surface area contributed by atoms with Crippen LogP contribution in [0.25, 0.3) is 17.1 Å². The fraction of sp³-hybridized carbons (Fsp3) is 0.318. The van der Waals surface area contributed by atoms with Crippen LogP contribution in [0.15, 0.2) is 53.1 Å². The standard InChI is InChI=1S/C22H26N4O3/c1-5-25(6-2)20(27)15-24(4)22(28)18-14-26(17-10-8-7-9-11-17)23-21(18)19-13-12-16(3)29-19/h7-14H,5-6,15H2,1-4H3. The molecule has 0 unspecified atom stereocenters. The number of carbonyl (C=O) groups is 2. The van der Waals surface area contributed by atoms with Gasteiger partial charge in [0.2, 0.25) is 5.91 Å². The second kappa shape index (κ2) is 8.77. The van der Waals surface area contributed by atoms with E-state index >= 15 is 0 Å². The van der Waals surface area contributed by atoms with E-state index in [9.17, 15) is 9.59 Å². The normalized spacial score (nSPS) is 10.8. The van der Waals surface area contributed by atoms with E-state index in [2.05, 4.69) is 5.10 Å². The lowest BCUT2D eigenvalue weighted by molar-refractivity contribution is -0.131. The average molecular weight is 394 g/mol. The number of hydrogen-bond donors (Lipinski definition) is 0. The number of aromatic nitrogens is 2. The van der Waals surface area contributed by atoms with Crippen LogP contribution in [0.1, 0.15) is 30.0 Å². The third-order valence-electron chi connectivity index (χ3n) is 4.77. The Morgan fingerprint density at radius 3 is 2.34 bits per heavy atom. The third-order valence-corrected chi connectivity index (χ3v) is 4.77. The molecule has 1 aromatic carbocycles. The maximum atomic E-state index is 13.2. The van der Waals surface area contributed by atoms with Gasteiger partial charge in [0.1, 0.15) is 11.5 Å². The summed E-state index contributed by atoms with van der Waals surface area (Å²) in [5.41, 5.74) is 1.67. The second-order valence-corrected chi connectivity index (χ2v) is 6.81. The van der Waals surface area contributed by atoms with Gasteiger partial charge < -0.3 is 14.2 Å². The molecule has 3 rings (SSSR count). The van der Waals surface area contributed by atoms with Crippen molar-refractivity contribution >= 4 is 11.8 Å². The Labute approximate surface area is 170 Å². The zero-order valence-corrected chi connectivity index (χ0v) is 17.3. The summed E-state index contributed by atoms with van der Waals surface area (Å²) in [5.74, 6) is 0.884. The molecule has 0 aliphatic heterocycles. The molecule has 7 heteroatoms. The molecule has 0 saturated carbocycles. The number of rotatable bonds is 7. The highest BCUT2D eigenvalue weighted by Gasteiger charge is 2.25. The molecule has 0 N–H and O–H groups in total. The maximum absolute atomic E-state index is 13.2. The van der Waals surface area contributed by atoms with E-state index in [0.717, 1.165) is 11.4 Å². The number of benzene rings is 1. The molecular weight excluding hydrogens is 368 g/mol. The average Bonchev–Trinajstić information content (AvgIpc) is 3.35. The molecule has 2 aromatic heterocycles. The number of para-hydroxylation sites is 1. The van der Waals surface area contributed by atoms with E-state index in [0.29, 0.717) is 30.1 Å². The monoisotopic (exact) mass is 394 g/mol. The molecule has 0 fully saturated rings. The van der Waals surface area contributed by atoms with Gasteiger partial charge in [-0.05, 0) is 45.0 Å². The number of amides is 2. The number of likely N-dealkylation sites (N-methyl/N-ethyl adjacent to an activating group) is 2. The summed E-state index contributed by atoms with van der Waals surface area (Å²) in [4.78, 5) is 28.7. The van der Waals surface area contributed by atoms with Crippen molar-refractivity contribution in [3.05, 3.63) is 60.0 Å². The molecule has 2 heterocycles. The Kier molecular flexibility index (Phi) is 6.16. The van der Waals surface area contributed by atoms with Crippen LogP contribution in [-0.4, -0.2) is 58.1 Å². The summed E-state index contributed by atoms with van der Waals surface area (Å²) >= 11 is 0. The smallest absolute Gasteiger partial charge is 0.258 e. The first kappa shape index (κ1) is 20.4. The first-order valence-corrected chi connectivity index (χ1v) is 9.69. The largest absolute Gasteiger partial charge is 0.460 e. The first-order valence-electron chi connectivity index (χ1n) is 9.69. The quantitative estimate of drug-likeness (QED) is 0.616. The molecule has 0 aliphatic rings. The Morgan fingerprint density at radius 2 is 1.76 bits per heavy atom. The summed E-state index contributed by atoms with van der Waals surface area (Å²) < 4.78 is 7.37. The molecule has 2 amide bonds. The van der Waals surface area contributed by atoms with Crippen LogP contribution < -0.4 is 0 Å². The summed E-state index contributed by atoms with van der Waals surface area (Å²) in [5, 5.41) is 4.59. The number of nitrogens with zero attached hydrogens (tertiary/aromatic N) is 4. The van der Waals surface area contributed by atoms with Gasteiger partial charge >= 0.3 is 0 Å². The van der Waals surface area contributed by atoms with Crippen molar-refractivity contribution in [2.24, 2.45) is 0 Å². The van der Waals surface area contributed by atoms with Gasteiger partial charge in [0.05, 0.1) is 17.8 Å². The van der Waals surface area contributed by atoms with Crippen molar-refractivity contribution < 1.29 is 14.0 Å². The second-order valence-electron chi connectivity index (χ2n) is 6.81. The van der Waals surface area contributed by atoms with Crippen LogP contribution in [0.3, 0.4) is 0 Å². The van der Waals surface area contributed by atoms with Crippen molar-refractivity contribution in [3.63, 3.8) is 0 Å². The van der Waals surface area contributed by atoms with Crippen LogP contribution in [0.5, 0.6) is 0 Å². The number of carbonyl (C=O) groups excluding carboxylic acids is 2. The molecule has 0 aliphatic carbocycles. The lowest BCUT2D eigenvalue weighted by atomic mass is 10.2. The molecule has 7 nitrogen and oxygen atoms in total. The van der Waals surface area contributed by atoms with Crippen LogP contribution in [0.2, 0.25) is 0 Å². The lowest BCUT2D eigenvalue weighted by Gasteiger charge is -2.23. The SMILES string of the molecule is CCN(CC)C(=O)CN(C)C(=O)c1cn(-c2ccccc2)nc1-c1ccc(C)o1. The Balaban J connectivity index is 1.95. The van der Waals surface area contributed by atoms with E-state index in [4.69, 9.17) is 4.42 Å². The summed E-state index contributed by atoms with van der Waals surface area (Å²) in [6, 6.07) is 13.2. The minimum absolute atomic E-state index is 0.00759. The summed E-state index contributed by atoms with van der Waals surface area (Å²) in [6.45, 7) is 6.91. The van der Waals surface area contributed by atoms with Gasteiger partial charge in [-0.3, -0.25) is 9.59 Å². The molecule has 152 valence electrons. The van der Waals surface area contributed by atoms with Gasteiger partial charge in [0.25, 0.3) is 5.91 Å². The fourth-order valence-electron chi connectivity index (χ4n) is 3.14. The number of aryl methyl sites for hydroxylation is 1. The van der Waals surface area contributed by atoms with Crippen LogP contribution in [0.4, 0.5) is 0 Å². The van der Waals surface area contributed by atoms with Crippen molar-refractivity contribution in [1.29, 1.82) is 0 Å². The van der Waals surface area contributed by atoms with E-state index in [1.54, 1.807) is 28.9 Å². The van der Waals surface area contributed by atoms with Gasteiger partial charge in [-0.15, -0.1) is 0 Å². The molecule has 29 heavy (non-hydrogen) atoms. The zero-order valence-electron chi connectivity index (χ0n) is 17.3. The highest BCUT2D eigenvalue weighted by molar-refractivity contribution is 6.00. The first-order chi connectivity index (χ1) is 13.9. The Hall–Kier alpha value is -3.35. The maximum Gasteiger partial charge on any atom is 0.258 e. The molecule has 0 saturated heterocycles. The lowest BCUT2D eigenvalue weighted by Crippen LogP contribution is -2.41. The van der Waals surface area contributed by atoms with Gasteiger partial charge in [-0.25, -0.2) is 4.68 Å². The van der Waals surface area contributed by atoms with Crippen LogP contribution >= 0.6 is 0 Å². The Bertz CT molecular complexity index is 987. The highest BCUT2D eigenvalue weighted by atomic mass is 16.3. The van der Waals surface area contributed by atoms with Crippen molar-refractivity contribution in [1.82, 2.24) is 19.6 Å². The third kappa shape index (κ3) is 4.39. The molecule has 0 atom stereocenters. The molecule has 3 aromatic rings. The minimum Gasteiger partial charge on any atom is -0.460 e. The minimum atomic E-state index is -0.281.